The number of halogens is 1. The Labute approximate surface area is 787 Å². The molecule has 0 amide bonds. The fraction of sp³-hybridized carbons (Fsp3) is 0.0990. The normalized spacial score (nSPS) is 10.3. The van der Waals surface area contributed by atoms with Gasteiger partial charge in [0.15, 0.2) is 23.1 Å². The molecular formula is C101H83FIr5N7O8S-5. The Bertz CT molecular complexity index is 6290. The van der Waals surface area contributed by atoms with Crippen LogP contribution < -0.4 is 0 Å². The molecule has 0 fully saturated rings. The average Bonchev–Trinajstić information content (AvgIpc) is 1.42. The molecule has 0 aliphatic carbocycles. The maximum atomic E-state index is 13.2. The summed E-state index contributed by atoms with van der Waals surface area (Å²) in [5.41, 5.74) is 16.6. The molecule has 0 unspecified atom stereocenters. The van der Waals surface area contributed by atoms with E-state index in [0.29, 0.717) is 22.5 Å². The van der Waals surface area contributed by atoms with Crippen LogP contribution in [0.2, 0.25) is 0 Å². The van der Waals surface area contributed by atoms with Gasteiger partial charge in [0.2, 0.25) is 0 Å². The van der Waals surface area contributed by atoms with E-state index < -0.39 is 0 Å². The maximum absolute atomic E-state index is 13.2. The van der Waals surface area contributed by atoms with Gasteiger partial charge in [0.25, 0.3) is 0 Å². The summed E-state index contributed by atoms with van der Waals surface area (Å²) in [5.74, 6) is -0.560. The summed E-state index contributed by atoms with van der Waals surface area (Å²) in [5, 5.41) is 50.1. The predicted molar refractivity (Wildman–Crippen MR) is 474 cm³/mol. The first-order valence-electron chi connectivity index (χ1n) is 36.9. The standard InChI is InChI=1S/C20H14N.C16H8FN2.C16H9N2.C16H12N.C13H8NS.4C5H8O2.5Ir/c1-14-12-17-8-4-5-9-19(17)21-20(14)18-11-10-15-6-2-3-7-16(15)13-18;17-14-3-1-2-12(9-14)16-7-5-13-8-11(10-18)4-6-15(13)19-16;1-17-14-7-4-6-13(11-14)16-10-9-12-5-2-3-8-15(12)18-16;1-12-5-4-7-14(11-12)16-10-9-13-6-2-3-8-15(13)17-16;1-2-6-10(7-3-1)13-14-11-8-4-5-9-12(11)15-13;4*1-4(6)3-5(2)7;;;;;/h2-10,12-13H,1H3;1,3-9H;2-5,7-11H;2-6,8-11H,1H3;1-6,8-9H;4*3,6H,1-2H3;;;;;/q5*-1;;;;;;;;;. The molecule has 0 aliphatic rings. The van der Waals surface area contributed by atoms with Crippen molar-refractivity contribution in [1.82, 2.24) is 24.9 Å². The first-order valence-corrected chi connectivity index (χ1v) is 37.7. The largest absolute Gasteiger partial charge is 0.512 e. The van der Waals surface area contributed by atoms with Gasteiger partial charge in [-0.15, -0.1) is 154 Å². The van der Waals surface area contributed by atoms with Crippen molar-refractivity contribution in [2.45, 2.75) is 69.2 Å². The van der Waals surface area contributed by atoms with E-state index in [4.69, 9.17) is 37.2 Å². The van der Waals surface area contributed by atoms with E-state index in [1.54, 1.807) is 47.7 Å². The Morgan fingerprint density at radius 2 is 0.805 bits per heavy atom. The van der Waals surface area contributed by atoms with E-state index in [-0.39, 0.29) is 153 Å². The molecule has 123 heavy (non-hydrogen) atoms. The molecule has 0 spiro atoms. The van der Waals surface area contributed by atoms with Gasteiger partial charge >= 0.3 is 0 Å². The summed E-state index contributed by atoms with van der Waals surface area (Å²) in [4.78, 5) is 66.6. The minimum absolute atomic E-state index is 0. The smallest absolute Gasteiger partial charge is 0.155 e. The third kappa shape index (κ3) is 35.7. The Balaban J connectivity index is 0.000000366. The molecule has 16 aromatic rings. The number of aliphatic hydroxyl groups excluding tert-OH is 4. The van der Waals surface area contributed by atoms with Crippen LogP contribution in [0, 0.1) is 67.9 Å². The molecule has 0 aliphatic heterocycles. The number of benzene rings is 11. The number of aromatic nitrogens is 5. The van der Waals surface area contributed by atoms with Crippen LogP contribution in [0.3, 0.4) is 0 Å². The molecule has 5 radical (unpaired) electrons. The van der Waals surface area contributed by atoms with Crippen molar-refractivity contribution in [3.8, 4) is 61.7 Å². The average molecular weight is 2530 g/mol. The van der Waals surface area contributed by atoms with Gasteiger partial charge in [-0.25, -0.2) is 4.39 Å². The van der Waals surface area contributed by atoms with Crippen molar-refractivity contribution < 1.29 is 145 Å². The van der Waals surface area contributed by atoms with Crippen molar-refractivity contribution in [2.75, 3.05) is 0 Å². The topological polar surface area (TPSA) is 242 Å². The quantitative estimate of drug-likeness (QED) is 0.0597. The number of nitriles is 1. The fourth-order valence-electron chi connectivity index (χ4n) is 11.2. The van der Waals surface area contributed by atoms with Gasteiger partial charge in [0.05, 0.1) is 68.8 Å². The van der Waals surface area contributed by atoms with Crippen molar-refractivity contribution in [3.63, 3.8) is 0 Å². The molecule has 5 heterocycles. The van der Waals surface area contributed by atoms with E-state index in [2.05, 4.69) is 148 Å². The van der Waals surface area contributed by atoms with Gasteiger partial charge in [-0.05, 0) is 155 Å². The summed E-state index contributed by atoms with van der Waals surface area (Å²) in [6.07, 6.45) is 4.67. The number of carbonyl (C=O) groups is 4. The third-order valence-corrected chi connectivity index (χ3v) is 17.3. The van der Waals surface area contributed by atoms with Crippen molar-refractivity contribution in [3.05, 3.63) is 385 Å². The number of thiazole rings is 1. The second-order valence-corrected chi connectivity index (χ2v) is 27.5. The monoisotopic (exact) mass is 2540 g/mol. The minimum atomic E-state index is -0.310. The number of nitrogens with zero attached hydrogens (tertiary/aromatic N) is 7. The minimum Gasteiger partial charge on any atom is -0.512 e. The van der Waals surface area contributed by atoms with Gasteiger partial charge in [-0.3, -0.25) is 48.9 Å². The zero-order valence-electron chi connectivity index (χ0n) is 68.3. The van der Waals surface area contributed by atoms with Crippen LogP contribution in [0.4, 0.5) is 10.1 Å². The van der Waals surface area contributed by atoms with Crippen LogP contribution in [-0.4, -0.2) is 68.5 Å². The molecule has 0 atom stereocenters. The SMILES string of the molecule is CC(=O)C=C(C)O.CC(=O)C=C(C)O.CC(=O)C=C(C)O.CC(=O)C=C(C)O.Cc1cc2ccccc2nc1-c1[c-]cc2ccccc2c1.Cc1cc[c-]c(-c2ccc3ccccc3n2)c1.N#Cc1ccc2nc(-c3[c-]ccc(F)c3)ccc2c1.[C-]#[N+]c1cc[c-]c(-c2ccc3ccccc3n2)c1.[Ir].[Ir].[Ir].[Ir].[Ir].[c-]1ccccc1-c1nc2ccccc2s1. The summed E-state index contributed by atoms with van der Waals surface area (Å²) in [6, 6.07) is 106. The van der Waals surface area contributed by atoms with Crippen LogP contribution in [-0.2, 0) is 120 Å². The second-order valence-electron chi connectivity index (χ2n) is 26.4. The number of ketones is 4. The number of hydrogen-bond acceptors (Lipinski definition) is 15. The Morgan fingerprint density at radius 3 is 1.27 bits per heavy atom. The van der Waals surface area contributed by atoms with Crippen LogP contribution in [0.15, 0.2) is 320 Å². The van der Waals surface area contributed by atoms with Gasteiger partial charge in [-0.2, -0.15) is 22.7 Å². The third-order valence-electron chi connectivity index (χ3n) is 16.2. The number of allylic oxidation sites excluding steroid dienone is 8. The molecule has 15 nitrogen and oxygen atoms in total. The number of aliphatic hydroxyl groups is 4. The number of aryl methyl sites for hydroxylation is 2. The Kier molecular flexibility index (Phi) is 46.8. The number of rotatable bonds is 9. The predicted octanol–water partition coefficient (Wildman–Crippen LogP) is 25.0. The number of carbonyl (C=O) groups excluding carboxylic acids is 4. The van der Waals surface area contributed by atoms with Gasteiger partial charge in [-0.1, -0.05) is 151 Å². The van der Waals surface area contributed by atoms with Crippen molar-refractivity contribution in [2.24, 2.45) is 0 Å². The summed E-state index contributed by atoms with van der Waals surface area (Å²) in [6.45, 7) is 22.6. The Hall–Kier alpha value is -11.8. The zero-order valence-corrected chi connectivity index (χ0v) is 81.1. The molecule has 0 bridgehead atoms. The number of para-hydroxylation sites is 4. The second kappa shape index (κ2) is 54.6. The molecule has 4 N–H and O–H groups in total. The van der Waals surface area contributed by atoms with E-state index in [9.17, 15) is 23.6 Å². The molecule has 0 saturated heterocycles. The molecule has 633 valence electrons. The van der Waals surface area contributed by atoms with Gasteiger partial charge in [0.1, 0.15) is 5.69 Å². The van der Waals surface area contributed by atoms with Crippen molar-refractivity contribution >= 4 is 105 Å². The van der Waals surface area contributed by atoms with Gasteiger partial charge in [0, 0.05) is 140 Å². The fourth-order valence-corrected chi connectivity index (χ4v) is 12.2. The first kappa shape index (κ1) is 105. The summed E-state index contributed by atoms with van der Waals surface area (Å²) < 4.78 is 14.4. The van der Waals surface area contributed by atoms with Crippen LogP contribution in [0.1, 0.15) is 72.1 Å². The summed E-state index contributed by atoms with van der Waals surface area (Å²) in [7, 11) is 0. The molecule has 16 rings (SSSR count). The van der Waals surface area contributed by atoms with E-state index in [1.165, 1.54) is 135 Å². The van der Waals surface area contributed by atoms with E-state index in [0.717, 1.165) is 82.7 Å². The molecular weight excluding hydrogens is 2450 g/mol. The molecule has 11 aromatic carbocycles. The number of pyridine rings is 4. The first-order chi connectivity index (χ1) is 56.7. The molecule has 22 heteroatoms. The number of fused-ring (bicyclic) bond motifs is 6. The van der Waals surface area contributed by atoms with Crippen LogP contribution in [0.25, 0.3) is 125 Å². The molecule has 0 saturated carbocycles. The van der Waals surface area contributed by atoms with E-state index in [1.807, 2.05) is 146 Å². The molecule has 5 aromatic heterocycles. The Morgan fingerprint density at radius 1 is 0.390 bits per heavy atom. The van der Waals surface area contributed by atoms with Crippen molar-refractivity contribution in [1.29, 1.82) is 5.26 Å². The maximum Gasteiger partial charge on any atom is 0.155 e. The number of hydrogen-bond donors (Lipinski definition) is 4. The van der Waals surface area contributed by atoms with E-state index >= 15 is 0 Å². The van der Waals surface area contributed by atoms with Crippen LogP contribution >= 0.6 is 11.3 Å². The summed E-state index contributed by atoms with van der Waals surface area (Å²) >= 11 is 1.71. The van der Waals surface area contributed by atoms with Gasteiger partial charge < -0.3 is 20.4 Å². The van der Waals surface area contributed by atoms with Crippen LogP contribution in [0.5, 0.6) is 0 Å². The zero-order chi connectivity index (χ0) is 85.0.